The van der Waals surface area contributed by atoms with Crippen molar-refractivity contribution in [3.8, 4) is 0 Å². The molecule has 5 heteroatoms. The van der Waals surface area contributed by atoms with Gasteiger partial charge in [-0.15, -0.1) is 0 Å². The first-order valence-electron chi connectivity index (χ1n) is 7.66. The van der Waals surface area contributed by atoms with Crippen molar-refractivity contribution in [2.24, 2.45) is 11.3 Å². The molecule has 0 bridgehead atoms. The van der Waals surface area contributed by atoms with Gasteiger partial charge in [-0.05, 0) is 52.0 Å². The van der Waals surface area contributed by atoms with Crippen molar-refractivity contribution in [1.82, 2.24) is 10.2 Å². The number of carboxylic acids is 1. The molecule has 0 saturated carbocycles. The van der Waals surface area contributed by atoms with E-state index in [2.05, 4.69) is 5.32 Å². The van der Waals surface area contributed by atoms with E-state index in [-0.39, 0.29) is 11.8 Å². The van der Waals surface area contributed by atoms with Gasteiger partial charge in [0.2, 0.25) is 5.91 Å². The zero-order chi connectivity index (χ0) is 14.8. The van der Waals surface area contributed by atoms with Crippen LogP contribution in [0.25, 0.3) is 0 Å². The van der Waals surface area contributed by atoms with Crippen LogP contribution in [0, 0.1) is 11.3 Å². The predicted octanol–water partition coefficient (Wildman–Crippen LogP) is 1.48. The monoisotopic (exact) mass is 282 g/mol. The molecule has 0 aliphatic carbocycles. The highest BCUT2D eigenvalue weighted by atomic mass is 16.4. The third-order valence-electron chi connectivity index (χ3n) is 4.93. The van der Waals surface area contributed by atoms with Crippen molar-refractivity contribution in [3.05, 3.63) is 0 Å². The lowest BCUT2D eigenvalue weighted by Gasteiger charge is -2.39. The van der Waals surface area contributed by atoms with Gasteiger partial charge in [-0.3, -0.25) is 9.59 Å². The highest BCUT2D eigenvalue weighted by Crippen LogP contribution is 2.34. The molecule has 0 spiro atoms. The van der Waals surface area contributed by atoms with Gasteiger partial charge in [0.25, 0.3) is 0 Å². The smallest absolute Gasteiger partial charge is 0.309 e. The molecule has 2 rings (SSSR count). The Kier molecular flexibility index (Phi) is 4.68. The molecular weight excluding hydrogens is 256 g/mol. The standard InChI is InChI=1S/C15H26N2O3/c1-15(2,14(19)20)11-5-4-8-17(10-11)13(18)9-12-6-3-7-16-12/h11-12,16H,3-10H2,1-2H3,(H,19,20). The summed E-state index contributed by atoms with van der Waals surface area (Å²) in [7, 11) is 0. The third kappa shape index (κ3) is 3.32. The first kappa shape index (κ1) is 15.3. The van der Waals surface area contributed by atoms with Gasteiger partial charge < -0.3 is 15.3 Å². The molecule has 2 unspecified atom stereocenters. The maximum absolute atomic E-state index is 12.3. The van der Waals surface area contributed by atoms with Crippen LogP contribution in [0.5, 0.6) is 0 Å². The summed E-state index contributed by atoms with van der Waals surface area (Å²) < 4.78 is 0. The van der Waals surface area contributed by atoms with Gasteiger partial charge in [0.1, 0.15) is 0 Å². The number of hydrogen-bond acceptors (Lipinski definition) is 3. The van der Waals surface area contributed by atoms with Gasteiger partial charge >= 0.3 is 5.97 Å². The zero-order valence-electron chi connectivity index (χ0n) is 12.5. The number of rotatable bonds is 4. The number of aliphatic carboxylic acids is 1. The van der Waals surface area contributed by atoms with Crippen LogP contribution < -0.4 is 5.32 Å². The number of hydrogen-bond donors (Lipinski definition) is 2. The molecule has 0 radical (unpaired) electrons. The second-order valence-corrected chi connectivity index (χ2v) is 6.70. The first-order chi connectivity index (χ1) is 9.41. The highest BCUT2D eigenvalue weighted by Gasteiger charge is 2.40. The van der Waals surface area contributed by atoms with Gasteiger partial charge in [-0.2, -0.15) is 0 Å². The Labute approximate surface area is 120 Å². The van der Waals surface area contributed by atoms with Crippen LogP contribution in [0.15, 0.2) is 0 Å². The number of amides is 1. The highest BCUT2D eigenvalue weighted by molar-refractivity contribution is 5.77. The quantitative estimate of drug-likeness (QED) is 0.819. The number of piperidine rings is 1. The van der Waals surface area contributed by atoms with Crippen LogP contribution in [0.2, 0.25) is 0 Å². The van der Waals surface area contributed by atoms with Crippen LogP contribution in [-0.4, -0.2) is 47.6 Å². The van der Waals surface area contributed by atoms with Gasteiger partial charge in [0, 0.05) is 25.6 Å². The summed E-state index contributed by atoms with van der Waals surface area (Å²) in [6.45, 7) is 5.91. The van der Waals surface area contributed by atoms with Crippen LogP contribution in [-0.2, 0) is 9.59 Å². The summed E-state index contributed by atoms with van der Waals surface area (Å²) in [5.41, 5.74) is -0.759. The van der Waals surface area contributed by atoms with Crippen molar-refractivity contribution >= 4 is 11.9 Å². The van der Waals surface area contributed by atoms with Gasteiger partial charge in [-0.25, -0.2) is 0 Å². The molecule has 5 nitrogen and oxygen atoms in total. The third-order valence-corrected chi connectivity index (χ3v) is 4.93. The van der Waals surface area contributed by atoms with Crippen LogP contribution in [0.3, 0.4) is 0 Å². The number of nitrogens with one attached hydrogen (secondary N) is 1. The Morgan fingerprint density at radius 3 is 2.65 bits per heavy atom. The fourth-order valence-electron chi connectivity index (χ4n) is 3.24. The molecule has 0 aromatic rings. The van der Waals surface area contributed by atoms with Crippen LogP contribution in [0.1, 0.15) is 46.0 Å². The average Bonchev–Trinajstić information content (AvgIpc) is 2.91. The van der Waals surface area contributed by atoms with E-state index in [0.717, 1.165) is 38.8 Å². The number of likely N-dealkylation sites (tertiary alicyclic amines) is 1. The SMILES string of the molecule is CC(C)(C(=O)O)C1CCCN(C(=O)CC2CCCN2)C1. The van der Waals surface area contributed by atoms with Crippen molar-refractivity contribution < 1.29 is 14.7 Å². The molecule has 2 atom stereocenters. The minimum Gasteiger partial charge on any atom is -0.481 e. The van der Waals surface area contributed by atoms with E-state index in [1.807, 2.05) is 4.90 Å². The number of carbonyl (C=O) groups excluding carboxylic acids is 1. The molecule has 0 aromatic heterocycles. The molecule has 2 aliphatic rings. The first-order valence-corrected chi connectivity index (χ1v) is 7.66. The van der Waals surface area contributed by atoms with E-state index in [0.29, 0.717) is 19.0 Å². The Hall–Kier alpha value is -1.10. The van der Waals surface area contributed by atoms with Crippen molar-refractivity contribution in [1.29, 1.82) is 0 Å². The van der Waals surface area contributed by atoms with E-state index in [4.69, 9.17) is 0 Å². The summed E-state index contributed by atoms with van der Waals surface area (Å²) in [5.74, 6) is -0.543. The lowest BCUT2D eigenvalue weighted by Crippen LogP contribution is -2.47. The second-order valence-electron chi connectivity index (χ2n) is 6.70. The second kappa shape index (κ2) is 6.12. The summed E-state index contributed by atoms with van der Waals surface area (Å²) in [6, 6.07) is 0.315. The Bertz CT molecular complexity index is 375. The Morgan fingerprint density at radius 2 is 2.05 bits per heavy atom. The molecule has 20 heavy (non-hydrogen) atoms. The molecule has 1 amide bonds. The fourth-order valence-corrected chi connectivity index (χ4v) is 3.24. The van der Waals surface area contributed by atoms with Gasteiger partial charge in [-0.1, -0.05) is 0 Å². The van der Waals surface area contributed by atoms with Crippen LogP contribution >= 0.6 is 0 Å². The lowest BCUT2D eigenvalue weighted by atomic mass is 9.74. The summed E-state index contributed by atoms with van der Waals surface area (Å²) >= 11 is 0. The van der Waals surface area contributed by atoms with Crippen LogP contribution in [0.4, 0.5) is 0 Å². The zero-order valence-corrected chi connectivity index (χ0v) is 12.5. The Balaban J connectivity index is 1.92. The predicted molar refractivity (Wildman–Crippen MR) is 76.4 cm³/mol. The number of carboxylic acid groups (broad SMARTS) is 1. The molecule has 2 saturated heterocycles. The molecule has 2 heterocycles. The van der Waals surface area contributed by atoms with E-state index < -0.39 is 11.4 Å². The molecule has 2 fully saturated rings. The van der Waals surface area contributed by atoms with Gasteiger partial charge in [0.15, 0.2) is 0 Å². The van der Waals surface area contributed by atoms with E-state index in [1.165, 1.54) is 0 Å². The van der Waals surface area contributed by atoms with Crippen molar-refractivity contribution in [2.45, 2.75) is 52.0 Å². The Morgan fingerprint density at radius 1 is 1.30 bits per heavy atom. The maximum Gasteiger partial charge on any atom is 0.309 e. The lowest BCUT2D eigenvalue weighted by molar-refractivity contribution is -0.153. The van der Waals surface area contributed by atoms with Crippen molar-refractivity contribution in [2.75, 3.05) is 19.6 Å². The van der Waals surface area contributed by atoms with E-state index >= 15 is 0 Å². The minimum atomic E-state index is -0.769. The normalized spacial score (nSPS) is 27.6. The molecule has 0 aromatic carbocycles. The maximum atomic E-state index is 12.3. The molecule has 114 valence electrons. The van der Waals surface area contributed by atoms with Gasteiger partial charge in [0.05, 0.1) is 5.41 Å². The number of carbonyl (C=O) groups is 2. The average molecular weight is 282 g/mol. The summed E-state index contributed by atoms with van der Waals surface area (Å²) in [6.07, 6.45) is 4.58. The van der Waals surface area contributed by atoms with E-state index in [1.54, 1.807) is 13.8 Å². The fraction of sp³-hybridized carbons (Fsp3) is 0.867. The minimum absolute atomic E-state index is 0.0502. The van der Waals surface area contributed by atoms with Crippen molar-refractivity contribution in [3.63, 3.8) is 0 Å². The topological polar surface area (TPSA) is 69.6 Å². The summed E-state index contributed by atoms with van der Waals surface area (Å²) in [4.78, 5) is 25.6. The molecular formula is C15H26N2O3. The molecule has 2 N–H and O–H groups in total. The number of nitrogens with zero attached hydrogens (tertiary/aromatic N) is 1. The largest absolute Gasteiger partial charge is 0.481 e. The summed E-state index contributed by atoms with van der Waals surface area (Å²) in [5, 5.41) is 12.7. The van der Waals surface area contributed by atoms with E-state index in [9.17, 15) is 14.7 Å². The molecule has 2 aliphatic heterocycles.